The predicted molar refractivity (Wildman–Crippen MR) is 136 cm³/mol. The van der Waals surface area contributed by atoms with Crippen molar-refractivity contribution in [3.63, 3.8) is 0 Å². The van der Waals surface area contributed by atoms with Gasteiger partial charge in [-0.3, -0.25) is 4.90 Å². The van der Waals surface area contributed by atoms with Gasteiger partial charge in [0, 0.05) is 31.7 Å². The number of benzene rings is 2. The maximum atomic E-state index is 11.7. The molecule has 9 nitrogen and oxygen atoms in total. The Balaban J connectivity index is 1.36. The fourth-order valence-corrected chi connectivity index (χ4v) is 5.23. The number of hydrogen-bond acceptors (Lipinski definition) is 8. The number of primary sulfonamides is 1. The molecule has 0 atom stereocenters. The average Bonchev–Trinajstić information content (AvgIpc) is 3.16. The lowest BCUT2D eigenvalue weighted by atomic mass is 10.0. The highest BCUT2D eigenvalue weighted by Gasteiger charge is 2.22. The smallest absolute Gasteiger partial charge is 0.295 e. The van der Waals surface area contributed by atoms with Crippen molar-refractivity contribution in [2.45, 2.75) is 57.2 Å². The molecule has 2 heterocycles. The molecule has 1 saturated heterocycles. The number of rotatable bonds is 9. The van der Waals surface area contributed by atoms with Crippen LogP contribution < -0.4 is 19.9 Å². The third kappa shape index (κ3) is 6.38. The van der Waals surface area contributed by atoms with Crippen LogP contribution in [0.5, 0.6) is 11.5 Å². The van der Waals surface area contributed by atoms with Crippen LogP contribution in [-0.4, -0.2) is 50.1 Å². The molecule has 3 N–H and O–H groups in total. The van der Waals surface area contributed by atoms with Gasteiger partial charge in [0.15, 0.2) is 17.1 Å². The predicted octanol–water partition coefficient (Wildman–Crippen LogP) is 4.39. The van der Waals surface area contributed by atoms with Crippen LogP contribution in [-0.2, 0) is 16.6 Å². The second-order valence-corrected chi connectivity index (χ2v) is 10.8. The van der Waals surface area contributed by atoms with Gasteiger partial charge in [-0.1, -0.05) is 17.7 Å². The van der Waals surface area contributed by atoms with E-state index in [-0.39, 0.29) is 22.1 Å². The molecule has 1 aliphatic heterocycles. The van der Waals surface area contributed by atoms with Gasteiger partial charge in [0.05, 0.1) is 17.7 Å². The Kier molecular flexibility index (Phi) is 7.75. The number of oxazole rings is 1. The number of aromatic nitrogens is 1. The van der Waals surface area contributed by atoms with Crippen LogP contribution in [0.25, 0.3) is 11.1 Å². The molecule has 0 bridgehead atoms. The molecule has 0 saturated carbocycles. The van der Waals surface area contributed by atoms with E-state index in [2.05, 4.69) is 27.3 Å². The van der Waals surface area contributed by atoms with E-state index in [0.29, 0.717) is 23.7 Å². The summed E-state index contributed by atoms with van der Waals surface area (Å²) in [4.78, 5) is 6.61. The van der Waals surface area contributed by atoms with Crippen LogP contribution >= 0.6 is 11.6 Å². The number of sulfonamides is 1. The molecule has 1 aliphatic rings. The topological polar surface area (TPSA) is 120 Å². The number of anilines is 1. The largest absolute Gasteiger partial charge is 0.490 e. The van der Waals surface area contributed by atoms with Gasteiger partial charge in [-0.25, -0.2) is 13.6 Å². The summed E-state index contributed by atoms with van der Waals surface area (Å²) < 4.78 is 40.7. The number of nitrogens with zero attached hydrogens (tertiary/aromatic N) is 2. The average molecular weight is 523 g/mol. The second-order valence-electron chi connectivity index (χ2n) is 8.89. The van der Waals surface area contributed by atoms with Crippen LogP contribution in [0.2, 0.25) is 5.02 Å². The van der Waals surface area contributed by atoms with Gasteiger partial charge < -0.3 is 19.2 Å². The summed E-state index contributed by atoms with van der Waals surface area (Å²) in [7, 11) is -3.95. The number of nitrogens with one attached hydrogen (secondary N) is 1. The molecule has 0 radical (unpaired) electrons. The van der Waals surface area contributed by atoms with Gasteiger partial charge in [-0.05, 0) is 57.4 Å². The standard InChI is InChI=1S/C24H31ClN4O5S/c1-4-32-22-11-16(5-6-20(22)33-15(2)3)14-29-9-7-17(8-10-29)27-24-28-19-12-18(25)23(35(26,30)31)13-21(19)34-24/h5-6,11-13,15,17H,4,7-10,14H2,1-3H3,(H,27,28)(H2,26,30,31). The summed E-state index contributed by atoms with van der Waals surface area (Å²) in [5.74, 6) is 1.54. The molecule has 2 aromatic carbocycles. The summed E-state index contributed by atoms with van der Waals surface area (Å²) in [6.07, 6.45) is 1.91. The first-order chi connectivity index (χ1) is 16.6. The minimum absolute atomic E-state index is 0.0180. The highest BCUT2D eigenvalue weighted by atomic mass is 35.5. The van der Waals surface area contributed by atoms with Crippen LogP contribution in [0.1, 0.15) is 39.2 Å². The maximum Gasteiger partial charge on any atom is 0.295 e. The van der Waals surface area contributed by atoms with Crippen molar-refractivity contribution in [3.8, 4) is 11.5 Å². The molecule has 190 valence electrons. The first-order valence-corrected chi connectivity index (χ1v) is 13.6. The Labute approximate surface area is 210 Å². The third-order valence-corrected chi connectivity index (χ3v) is 7.12. The summed E-state index contributed by atoms with van der Waals surface area (Å²) in [5.41, 5.74) is 1.96. The van der Waals surface area contributed by atoms with Gasteiger partial charge >= 0.3 is 0 Å². The van der Waals surface area contributed by atoms with E-state index >= 15 is 0 Å². The lowest BCUT2D eigenvalue weighted by Crippen LogP contribution is -2.38. The minimum Gasteiger partial charge on any atom is -0.490 e. The lowest BCUT2D eigenvalue weighted by Gasteiger charge is -2.32. The number of hydrogen-bond donors (Lipinski definition) is 2. The van der Waals surface area contributed by atoms with Gasteiger partial charge in [0.2, 0.25) is 10.0 Å². The van der Waals surface area contributed by atoms with E-state index < -0.39 is 10.0 Å². The van der Waals surface area contributed by atoms with Crippen molar-refractivity contribution >= 4 is 38.7 Å². The molecule has 0 spiro atoms. The number of fused-ring (bicyclic) bond motifs is 1. The molecule has 3 aromatic rings. The fraction of sp³-hybridized carbons (Fsp3) is 0.458. The first-order valence-electron chi connectivity index (χ1n) is 11.7. The Morgan fingerprint density at radius 2 is 1.97 bits per heavy atom. The van der Waals surface area contributed by atoms with Crippen molar-refractivity contribution in [2.75, 3.05) is 25.0 Å². The molecule has 1 fully saturated rings. The Bertz CT molecular complexity index is 1290. The third-order valence-electron chi connectivity index (χ3n) is 5.74. The first kappa shape index (κ1) is 25.6. The van der Waals surface area contributed by atoms with E-state index in [4.69, 9.17) is 30.6 Å². The minimum atomic E-state index is -3.95. The zero-order valence-corrected chi connectivity index (χ0v) is 21.7. The maximum absolute atomic E-state index is 11.7. The monoisotopic (exact) mass is 522 g/mol. The quantitative estimate of drug-likeness (QED) is 0.424. The van der Waals surface area contributed by atoms with Crippen molar-refractivity contribution < 1.29 is 22.3 Å². The van der Waals surface area contributed by atoms with Crippen LogP contribution in [0.15, 0.2) is 39.6 Å². The SMILES string of the molecule is CCOc1cc(CN2CCC(Nc3nc4cc(Cl)c(S(N)(=O)=O)cc4o3)CC2)ccc1OC(C)C. The van der Waals surface area contributed by atoms with Gasteiger partial charge in [-0.15, -0.1) is 0 Å². The van der Waals surface area contributed by atoms with E-state index in [0.717, 1.165) is 44.0 Å². The van der Waals surface area contributed by atoms with E-state index in [9.17, 15) is 8.42 Å². The van der Waals surface area contributed by atoms with Gasteiger partial charge in [-0.2, -0.15) is 4.98 Å². The molecule has 4 rings (SSSR count). The molecule has 0 unspecified atom stereocenters. The summed E-state index contributed by atoms with van der Waals surface area (Å²) in [6.45, 7) is 9.20. The normalized spacial score (nSPS) is 15.6. The van der Waals surface area contributed by atoms with Crippen molar-refractivity contribution in [3.05, 3.63) is 40.9 Å². The number of piperidine rings is 1. The molecule has 11 heteroatoms. The van der Waals surface area contributed by atoms with Crippen molar-refractivity contribution in [2.24, 2.45) is 5.14 Å². The molecule has 0 aliphatic carbocycles. The van der Waals surface area contributed by atoms with Crippen LogP contribution in [0.4, 0.5) is 6.01 Å². The zero-order chi connectivity index (χ0) is 25.2. The summed E-state index contributed by atoms with van der Waals surface area (Å²) in [6, 6.07) is 9.41. The van der Waals surface area contributed by atoms with E-state index in [1.807, 2.05) is 26.8 Å². The summed E-state index contributed by atoms with van der Waals surface area (Å²) in [5, 5.41) is 8.55. The van der Waals surface area contributed by atoms with E-state index in [1.54, 1.807) is 0 Å². The number of halogens is 1. The number of likely N-dealkylation sites (tertiary alicyclic amines) is 1. The molecular weight excluding hydrogens is 492 g/mol. The molecule has 35 heavy (non-hydrogen) atoms. The van der Waals surface area contributed by atoms with Crippen LogP contribution in [0, 0.1) is 0 Å². The van der Waals surface area contributed by atoms with Gasteiger partial charge in [0.25, 0.3) is 6.01 Å². The fourth-order valence-electron chi connectivity index (χ4n) is 4.15. The summed E-state index contributed by atoms with van der Waals surface area (Å²) >= 11 is 6.05. The van der Waals surface area contributed by atoms with Crippen LogP contribution in [0.3, 0.4) is 0 Å². The Morgan fingerprint density at radius 3 is 2.63 bits per heavy atom. The Hall–Kier alpha value is -2.53. The number of nitrogens with two attached hydrogens (primary N) is 1. The highest BCUT2D eigenvalue weighted by Crippen LogP contribution is 2.31. The molecular formula is C24H31ClN4O5S. The Morgan fingerprint density at radius 1 is 1.23 bits per heavy atom. The molecule has 0 amide bonds. The van der Waals surface area contributed by atoms with E-state index in [1.165, 1.54) is 17.7 Å². The second kappa shape index (κ2) is 10.6. The van der Waals surface area contributed by atoms with Crippen molar-refractivity contribution in [1.82, 2.24) is 9.88 Å². The molecule has 1 aromatic heterocycles. The van der Waals surface area contributed by atoms with Crippen molar-refractivity contribution in [1.29, 1.82) is 0 Å². The zero-order valence-electron chi connectivity index (χ0n) is 20.1. The lowest BCUT2D eigenvalue weighted by molar-refractivity contribution is 0.208. The number of ether oxygens (including phenoxy) is 2. The van der Waals surface area contributed by atoms with Gasteiger partial charge in [0.1, 0.15) is 10.4 Å². The highest BCUT2D eigenvalue weighted by molar-refractivity contribution is 7.89.